The first-order valence-corrected chi connectivity index (χ1v) is 11.7. The Bertz CT molecular complexity index is 861. The number of allylic oxidation sites excluding steroid dienone is 1. The van der Waals surface area contributed by atoms with Crippen molar-refractivity contribution in [1.29, 1.82) is 0 Å². The molecule has 4 rings (SSSR count). The molecular formula is C24H36N2O7. The minimum absolute atomic E-state index is 0.0154. The summed E-state index contributed by atoms with van der Waals surface area (Å²) >= 11 is 0. The van der Waals surface area contributed by atoms with Gasteiger partial charge in [0.05, 0.1) is 12.2 Å². The molecule has 0 bridgehead atoms. The predicted octanol–water partition coefficient (Wildman–Crippen LogP) is 3.31. The number of aromatic hydroxyl groups is 1. The summed E-state index contributed by atoms with van der Waals surface area (Å²) in [5.74, 6) is 0.725. The molecule has 33 heavy (non-hydrogen) atoms. The highest BCUT2D eigenvalue weighted by Gasteiger charge is 2.63. The van der Waals surface area contributed by atoms with Gasteiger partial charge < -0.3 is 33.5 Å². The molecule has 3 heterocycles. The van der Waals surface area contributed by atoms with Crippen LogP contribution in [0.3, 0.4) is 0 Å². The summed E-state index contributed by atoms with van der Waals surface area (Å²) in [5, 5.41) is 12.8. The molecule has 1 aromatic rings. The van der Waals surface area contributed by atoms with Crippen LogP contribution in [0.5, 0.6) is 5.88 Å². The lowest BCUT2D eigenvalue weighted by Crippen LogP contribution is -2.57. The maximum atomic E-state index is 12.8. The van der Waals surface area contributed by atoms with E-state index in [1.165, 1.54) is 11.6 Å². The van der Waals surface area contributed by atoms with Crippen LogP contribution in [0.2, 0.25) is 0 Å². The fraction of sp³-hybridized carbons (Fsp3) is 0.750. The quantitative estimate of drug-likeness (QED) is 0.461. The van der Waals surface area contributed by atoms with E-state index >= 15 is 0 Å². The first-order valence-electron chi connectivity index (χ1n) is 11.7. The minimum Gasteiger partial charge on any atom is -0.491 e. The van der Waals surface area contributed by atoms with Crippen molar-refractivity contribution in [2.45, 2.75) is 76.5 Å². The van der Waals surface area contributed by atoms with Crippen molar-refractivity contribution in [3.05, 3.63) is 23.5 Å². The number of hydrogen-bond acceptors (Lipinski definition) is 8. The standard InChI is InChI=1S/C24H36N2O7/c1-14(2)6-9-19-24(3,32-19)21-17(29-4)7-8-18(22(21)30-5)31-23(28)26-12-15(13-26)10-16-11-20(27)25-33-16/h6,11,15,17-19,21-22H,7-10,12-13H2,1-5H3,(H,25,27)/t17?,18-,19-,21?,22-,24+/m1/s1. The topological polar surface area (TPSA) is 107 Å². The maximum absolute atomic E-state index is 12.8. The molecule has 2 saturated heterocycles. The van der Waals surface area contributed by atoms with E-state index in [1.54, 1.807) is 19.1 Å². The zero-order valence-electron chi connectivity index (χ0n) is 20.2. The number of nitrogens with zero attached hydrogens (tertiary/aromatic N) is 2. The van der Waals surface area contributed by atoms with Gasteiger partial charge in [0, 0.05) is 51.6 Å². The van der Waals surface area contributed by atoms with Crippen LogP contribution in [0.25, 0.3) is 0 Å². The van der Waals surface area contributed by atoms with E-state index in [1.807, 2.05) is 0 Å². The van der Waals surface area contributed by atoms with Crippen molar-refractivity contribution < 1.29 is 33.4 Å². The largest absolute Gasteiger partial charge is 0.491 e. The lowest BCUT2D eigenvalue weighted by molar-refractivity contribution is -0.146. The van der Waals surface area contributed by atoms with Crippen molar-refractivity contribution in [3.8, 4) is 5.88 Å². The highest BCUT2D eigenvalue weighted by molar-refractivity contribution is 5.69. The fourth-order valence-corrected chi connectivity index (χ4v) is 5.42. The van der Waals surface area contributed by atoms with E-state index in [9.17, 15) is 9.90 Å². The molecule has 0 aromatic carbocycles. The molecule has 1 N–H and O–H groups in total. The third-order valence-corrected chi connectivity index (χ3v) is 7.32. The molecule has 2 unspecified atom stereocenters. The summed E-state index contributed by atoms with van der Waals surface area (Å²) in [7, 11) is 3.39. The number of aromatic nitrogens is 1. The SMILES string of the molecule is COC1CC[C@@H](OC(=O)N2CC(Cc3cc(O)no3)C2)[C@@H](OC)C1[C@@]1(C)O[C@@H]1CC=C(C)C. The van der Waals surface area contributed by atoms with Crippen molar-refractivity contribution >= 4 is 6.09 Å². The number of carbonyl (C=O) groups excluding carboxylic acids is 1. The molecule has 3 fully saturated rings. The van der Waals surface area contributed by atoms with Crippen molar-refractivity contribution in [1.82, 2.24) is 10.1 Å². The normalized spacial score (nSPS) is 34.0. The Labute approximate surface area is 195 Å². The van der Waals surface area contributed by atoms with Crippen LogP contribution in [0.4, 0.5) is 4.79 Å². The Morgan fingerprint density at radius 3 is 2.61 bits per heavy atom. The Balaban J connectivity index is 1.35. The second-order valence-corrected chi connectivity index (χ2v) is 9.93. The molecule has 1 amide bonds. The third kappa shape index (κ3) is 5.05. The third-order valence-electron chi connectivity index (χ3n) is 7.32. The van der Waals surface area contributed by atoms with Crippen LogP contribution in [0.1, 0.15) is 45.8 Å². The molecule has 184 valence electrons. The van der Waals surface area contributed by atoms with Gasteiger partial charge in [-0.3, -0.25) is 0 Å². The van der Waals surface area contributed by atoms with Crippen LogP contribution in [0, 0.1) is 11.8 Å². The summed E-state index contributed by atoms with van der Waals surface area (Å²) in [6, 6.07) is 1.50. The van der Waals surface area contributed by atoms with Gasteiger partial charge in [0.1, 0.15) is 23.6 Å². The van der Waals surface area contributed by atoms with Crippen LogP contribution < -0.4 is 0 Å². The number of methoxy groups -OCH3 is 2. The molecule has 1 aliphatic carbocycles. The van der Waals surface area contributed by atoms with Crippen LogP contribution >= 0.6 is 0 Å². The van der Waals surface area contributed by atoms with Crippen LogP contribution in [0.15, 0.2) is 22.2 Å². The summed E-state index contributed by atoms with van der Waals surface area (Å²) in [5.41, 5.74) is 0.894. The molecular weight excluding hydrogens is 428 g/mol. The zero-order valence-corrected chi connectivity index (χ0v) is 20.2. The van der Waals surface area contributed by atoms with E-state index in [-0.39, 0.29) is 53.8 Å². The Hall–Kier alpha value is -2.10. The molecule has 0 radical (unpaired) electrons. The molecule has 9 nitrogen and oxygen atoms in total. The number of carbonyl (C=O) groups is 1. The lowest BCUT2D eigenvalue weighted by atomic mass is 9.73. The number of amides is 1. The number of epoxide rings is 1. The van der Waals surface area contributed by atoms with Crippen molar-refractivity contribution in [2.24, 2.45) is 11.8 Å². The van der Waals surface area contributed by atoms with E-state index in [0.717, 1.165) is 12.8 Å². The molecule has 1 saturated carbocycles. The summed E-state index contributed by atoms with van der Waals surface area (Å²) in [6.07, 6.45) is 4.25. The van der Waals surface area contributed by atoms with Gasteiger partial charge in [0.2, 0.25) is 0 Å². The number of ether oxygens (including phenoxy) is 4. The highest BCUT2D eigenvalue weighted by atomic mass is 16.6. The smallest absolute Gasteiger partial charge is 0.410 e. The van der Waals surface area contributed by atoms with Gasteiger partial charge in [0.15, 0.2) is 0 Å². The average Bonchev–Trinajstić information content (AvgIpc) is 3.24. The molecule has 0 spiro atoms. The lowest BCUT2D eigenvalue weighted by Gasteiger charge is -2.44. The van der Waals surface area contributed by atoms with Gasteiger partial charge in [-0.2, -0.15) is 0 Å². The molecule has 3 aliphatic rings. The average molecular weight is 465 g/mol. The van der Waals surface area contributed by atoms with E-state index in [4.69, 9.17) is 23.5 Å². The number of rotatable bonds is 8. The van der Waals surface area contributed by atoms with Crippen molar-refractivity contribution in [3.63, 3.8) is 0 Å². The molecule has 1 aromatic heterocycles. The fourth-order valence-electron chi connectivity index (χ4n) is 5.42. The first kappa shape index (κ1) is 24.0. The minimum atomic E-state index is -0.372. The highest BCUT2D eigenvalue weighted by Crippen LogP contribution is 2.52. The van der Waals surface area contributed by atoms with Gasteiger partial charge >= 0.3 is 6.09 Å². The van der Waals surface area contributed by atoms with Crippen LogP contribution in [-0.4, -0.2) is 78.6 Å². The monoisotopic (exact) mass is 464 g/mol. The van der Waals surface area contributed by atoms with E-state index in [0.29, 0.717) is 31.7 Å². The van der Waals surface area contributed by atoms with Crippen molar-refractivity contribution in [2.75, 3.05) is 27.3 Å². The van der Waals surface area contributed by atoms with Gasteiger partial charge in [0.25, 0.3) is 5.88 Å². The van der Waals surface area contributed by atoms with E-state index < -0.39 is 0 Å². The van der Waals surface area contributed by atoms with Gasteiger partial charge in [-0.15, -0.1) is 0 Å². The molecule has 6 atom stereocenters. The molecule has 2 aliphatic heterocycles. The Morgan fingerprint density at radius 2 is 2.00 bits per heavy atom. The van der Waals surface area contributed by atoms with Gasteiger partial charge in [-0.1, -0.05) is 11.6 Å². The summed E-state index contributed by atoms with van der Waals surface area (Å²) in [4.78, 5) is 14.5. The summed E-state index contributed by atoms with van der Waals surface area (Å²) in [6.45, 7) is 7.45. The number of hydrogen-bond donors (Lipinski definition) is 1. The van der Waals surface area contributed by atoms with Gasteiger partial charge in [-0.05, 0) is 45.2 Å². The predicted molar refractivity (Wildman–Crippen MR) is 119 cm³/mol. The first-order chi connectivity index (χ1) is 15.7. The summed E-state index contributed by atoms with van der Waals surface area (Å²) < 4.78 is 28.9. The zero-order chi connectivity index (χ0) is 23.8. The maximum Gasteiger partial charge on any atom is 0.410 e. The number of likely N-dealkylation sites (tertiary alicyclic amines) is 1. The van der Waals surface area contributed by atoms with E-state index in [2.05, 4.69) is 32.0 Å². The second-order valence-electron chi connectivity index (χ2n) is 9.93. The van der Waals surface area contributed by atoms with Crippen LogP contribution in [-0.2, 0) is 25.4 Å². The Morgan fingerprint density at radius 1 is 1.27 bits per heavy atom. The molecule has 9 heteroatoms. The second kappa shape index (κ2) is 9.64. The Kier molecular flexibility index (Phi) is 7.02. The van der Waals surface area contributed by atoms with Gasteiger partial charge in [-0.25, -0.2) is 4.79 Å².